The number of likely N-dealkylation sites (N-methyl/N-ethyl adjacent to an activating group) is 1. The Kier molecular flexibility index (Phi) is 3.39. The summed E-state index contributed by atoms with van der Waals surface area (Å²) in [4.78, 5) is 4.62. The van der Waals surface area contributed by atoms with Gasteiger partial charge in [0.15, 0.2) is 0 Å². The van der Waals surface area contributed by atoms with E-state index in [2.05, 4.69) is 16.8 Å². The maximum atomic E-state index is 6.16. The molecule has 0 aliphatic carbocycles. The zero-order chi connectivity index (χ0) is 10.8. The Morgan fingerprint density at radius 3 is 2.33 bits per heavy atom. The van der Waals surface area contributed by atoms with Crippen molar-refractivity contribution in [1.82, 2.24) is 4.90 Å². The van der Waals surface area contributed by atoms with Gasteiger partial charge in [0.2, 0.25) is 0 Å². The smallest absolute Gasteiger partial charge is 0.0654 e. The Morgan fingerprint density at radius 2 is 1.73 bits per heavy atom. The summed E-state index contributed by atoms with van der Waals surface area (Å²) in [5.74, 6) is 0. The van der Waals surface area contributed by atoms with Crippen molar-refractivity contribution in [2.24, 2.45) is 0 Å². The van der Waals surface area contributed by atoms with E-state index in [9.17, 15) is 0 Å². The van der Waals surface area contributed by atoms with Gasteiger partial charge in [0.25, 0.3) is 0 Å². The second-order valence-corrected chi connectivity index (χ2v) is 4.73. The van der Waals surface area contributed by atoms with Gasteiger partial charge in [-0.1, -0.05) is 23.2 Å². The van der Waals surface area contributed by atoms with Crippen LogP contribution < -0.4 is 4.90 Å². The molecule has 82 valence electrons. The largest absolute Gasteiger partial charge is 0.368 e. The van der Waals surface area contributed by atoms with Crippen LogP contribution in [0.25, 0.3) is 0 Å². The van der Waals surface area contributed by atoms with Crippen LogP contribution in [0.15, 0.2) is 18.2 Å². The fourth-order valence-electron chi connectivity index (χ4n) is 1.79. The summed E-state index contributed by atoms with van der Waals surface area (Å²) in [6.45, 7) is 4.22. The molecule has 0 spiro atoms. The lowest BCUT2D eigenvalue weighted by atomic mass is 10.2. The number of anilines is 1. The molecule has 0 atom stereocenters. The van der Waals surface area contributed by atoms with Crippen molar-refractivity contribution in [2.75, 3.05) is 38.1 Å². The topological polar surface area (TPSA) is 6.48 Å². The molecule has 0 amide bonds. The second kappa shape index (κ2) is 4.60. The molecule has 2 rings (SSSR count). The third kappa shape index (κ3) is 2.57. The molecular formula is C11H14Cl2N2. The van der Waals surface area contributed by atoms with E-state index in [1.807, 2.05) is 12.1 Å². The first-order chi connectivity index (χ1) is 7.16. The highest BCUT2D eigenvalue weighted by molar-refractivity contribution is 6.36. The predicted molar refractivity (Wildman–Crippen MR) is 66.2 cm³/mol. The molecule has 1 aliphatic heterocycles. The summed E-state index contributed by atoms with van der Waals surface area (Å²) < 4.78 is 0. The summed E-state index contributed by atoms with van der Waals surface area (Å²) in [6, 6.07) is 5.69. The van der Waals surface area contributed by atoms with Gasteiger partial charge >= 0.3 is 0 Å². The first-order valence-electron chi connectivity index (χ1n) is 5.05. The minimum absolute atomic E-state index is 0.692. The van der Waals surface area contributed by atoms with Gasteiger partial charge in [0.1, 0.15) is 0 Å². The molecule has 2 nitrogen and oxygen atoms in total. The molecule has 1 saturated heterocycles. The molecule has 1 heterocycles. The SMILES string of the molecule is CN1CCN(c2ccc(Cl)cc2Cl)CC1. The maximum absolute atomic E-state index is 6.16. The number of benzene rings is 1. The van der Waals surface area contributed by atoms with Crippen molar-refractivity contribution in [3.63, 3.8) is 0 Å². The van der Waals surface area contributed by atoms with Gasteiger partial charge in [0, 0.05) is 31.2 Å². The van der Waals surface area contributed by atoms with E-state index in [0.717, 1.165) is 36.9 Å². The molecule has 0 radical (unpaired) electrons. The highest BCUT2D eigenvalue weighted by Crippen LogP contribution is 2.29. The van der Waals surface area contributed by atoms with Gasteiger partial charge in [-0.25, -0.2) is 0 Å². The molecule has 0 bridgehead atoms. The van der Waals surface area contributed by atoms with Gasteiger partial charge in [-0.2, -0.15) is 0 Å². The highest BCUT2D eigenvalue weighted by Gasteiger charge is 2.16. The minimum atomic E-state index is 0.692. The summed E-state index contributed by atoms with van der Waals surface area (Å²) in [5, 5.41) is 1.44. The zero-order valence-corrected chi connectivity index (χ0v) is 10.2. The van der Waals surface area contributed by atoms with Crippen molar-refractivity contribution in [2.45, 2.75) is 0 Å². The van der Waals surface area contributed by atoms with Crippen LogP contribution in [0.2, 0.25) is 10.0 Å². The Balaban J connectivity index is 2.15. The highest BCUT2D eigenvalue weighted by atomic mass is 35.5. The van der Waals surface area contributed by atoms with Crippen molar-refractivity contribution < 1.29 is 0 Å². The molecule has 0 saturated carbocycles. The van der Waals surface area contributed by atoms with E-state index < -0.39 is 0 Å². The normalized spacial score (nSPS) is 18.2. The Bertz CT molecular complexity index is 346. The molecule has 1 aromatic rings. The van der Waals surface area contributed by atoms with Crippen LogP contribution in [0, 0.1) is 0 Å². The van der Waals surface area contributed by atoms with Crippen molar-refractivity contribution in [3.8, 4) is 0 Å². The van der Waals surface area contributed by atoms with Crippen LogP contribution >= 0.6 is 23.2 Å². The first-order valence-corrected chi connectivity index (χ1v) is 5.81. The quantitative estimate of drug-likeness (QED) is 0.750. The number of hydrogen-bond donors (Lipinski definition) is 0. The lowest BCUT2D eigenvalue weighted by Crippen LogP contribution is -2.44. The maximum Gasteiger partial charge on any atom is 0.0654 e. The van der Waals surface area contributed by atoms with E-state index in [-0.39, 0.29) is 0 Å². The third-order valence-electron chi connectivity index (χ3n) is 2.75. The molecule has 1 aromatic carbocycles. The summed E-state index contributed by atoms with van der Waals surface area (Å²) in [6.07, 6.45) is 0. The van der Waals surface area contributed by atoms with E-state index in [1.54, 1.807) is 6.07 Å². The number of nitrogens with zero attached hydrogens (tertiary/aromatic N) is 2. The molecule has 4 heteroatoms. The summed E-state index contributed by atoms with van der Waals surface area (Å²) in [5.41, 5.74) is 1.09. The van der Waals surface area contributed by atoms with Gasteiger partial charge in [-0.05, 0) is 25.2 Å². The van der Waals surface area contributed by atoms with Crippen molar-refractivity contribution in [1.29, 1.82) is 0 Å². The first kappa shape index (κ1) is 11.1. The number of rotatable bonds is 1. The van der Waals surface area contributed by atoms with Gasteiger partial charge in [-0.15, -0.1) is 0 Å². The van der Waals surface area contributed by atoms with Crippen LogP contribution in [0.5, 0.6) is 0 Å². The van der Waals surface area contributed by atoms with E-state index >= 15 is 0 Å². The molecule has 0 aromatic heterocycles. The number of piperazine rings is 1. The van der Waals surface area contributed by atoms with Crippen LogP contribution in [0.4, 0.5) is 5.69 Å². The number of hydrogen-bond acceptors (Lipinski definition) is 2. The van der Waals surface area contributed by atoms with E-state index in [4.69, 9.17) is 23.2 Å². The fraction of sp³-hybridized carbons (Fsp3) is 0.455. The van der Waals surface area contributed by atoms with E-state index in [0.29, 0.717) is 5.02 Å². The van der Waals surface area contributed by atoms with Gasteiger partial charge in [-0.3, -0.25) is 0 Å². The average molecular weight is 245 g/mol. The van der Waals surface area contributed by atoms with Crippen molar-refractivity contribution >= 4 is 28.9 Å². The number of halogens is 2. The van der Waals surface area contributed by atoms with Crippen molar-refractivity contribution in [3.05, 3.63) is 28.2 Å². The van der Waals surface area contributed by atoms with Crippen LogP contribution in [-0.2, 0) is 0 Å². The average Bonchev–Trinajstić information content (AvgIpc) is 2.20. The summed E-state index contributed by atoms with van der Waals surface area (Å²) in [7, 11) is 2.14. The lowest BCUT2D eigenvalue weighted by Gasteiger charge is -2.34. The molecular weight excluding hydrogens is 231 g/mol. The Morgan fingerprint density at radius 1 is 1.07 bits per heavy atom. The van der Waals surface area contributed by atoms with Gasteiger partial charge < -0.3 is 9.80 Å². The molecule has 1 aliphatic rings. The van der Waals surface area contributed by atoms with Crippen LogP contribution in [-0.4, -0.2) is 38.1 Å². The standard InChI is InChI=1S/C11H14Cl2N2/c1-14-4-6-15(7-5-14)11-3-2-9(12)8-10(11)13/h2-3,8H,4-7H2,1H3. The monoisotopic (exact) mass is 244 g/mol. The molecule has 0 unspecified atom stereocenters. The predicted octanol–water partition coefficient (Wildman–Crippen LogP) is 2.75. The van der Waals surface area contributed by atoms with Crippen LogP contribution in [0.1, 0.15) is 0 Å². The second-order valence-electron chi connectivity index (χ2n) is 3.89. The molecule has 1 fully saturated rings. The molecule has 15 heavy (non-hydrogen) atoms. The van der Waals surface area contributed by atoms with E-state index in [1.165, 1.54) is 0 Å². The lowest BCUT2D eigenvalue weighted by molar-refractivity contribution is 0.313. The fourth-order valence-corrected chi connectivity index (χ4v) is 2.31. The Hall–Kier alpha value is -0.440. The summed E-state index contributed by atoms with van der Waals surface area (Å²) >= 11 is 12.0. The molecule has 0 N–H and O–H groups in total. The van der Waals surface area contributed by atoms with Gasteiger partial charge in [0.05, 0.1) is 10.7 Å². The minimum Gasteiger partial charge on any atom is -0.368 e. The zero-order valence-electron chi connectivity index (χ0n) is 8.71. The van der Waals surface area contributed by atoms with Crippen LogP contribution in [0.3, 0.4) is 0 Å². The third-order valence-corrected chi connectivity index (χ3v) is 3.29. The Labute approximate surface area is 100 Å².